The van der Waals surface area contributed by atoms with Crippen LogP contribution in [0.3, 0.4) is 0 Å². The molecule has 0 aliphatic carbocycles. The maximum absolute atomic E-state index is 11.8. The summed E-state index contributed by atoms with van der Waals surface area (Å²) >= 11 is 0. The number of nitrogens with one attached hydrogen (secondary N) is 2. The second-order valence-electron chi connectivity index (χ2n) is 5.91. The van der Waals surface area contributed by atoms with Crippen LogP contribution in [0.25, 0.3) is 0 Å². The van der Waals surface area contributed by atoms with Gasteiger partial charge in [-0.3, -0.25) is 4.79 Å². The van der Waals surface area contributed by atoms with Crippen LogP contribution in [0.15, 0.2) is 18.2 Å². The second-order valence-corrected chi connectivity index (χ2v) is 5.91. The third kappa shape index (κ3) is 6.52. The van der Waals surface area contributed by atoms with E-state index in [1.54, 1.807) is 19.2 Å². The number of carbonyl (C=O) groups excluding carboxylic acids is 1. The first-order valence-electron chi connectivity index (χ1n) is 7.90. The Balaban J connectivity index is 2.37. The van der Waals surface area contributed by atoms with Crippen molar-refractivity contribution in [1.29, 1.82) is 0 Å². The van der Waals surface area contributed by atoms with Crippen LogP contribution < -0.4 is 16.4 Å². The molecule has 0 aliphatic heterocycles. The fourth-order valence-corrected chi connectivity index (χ4v) is 2.29. The highest BCUT2D eigenvalue weighted by Gasteiger charge is 2.09. The van der Waals surface area contributed by atoms with E-state index < -0.39 is 0 Å². The standard InChI is InChI=1S/C17H29N3O/c1-13(2)8-6-4-5-7-11-20-16-12-14(18)9-10-15(16)17(21)19-3/h9-10,12-13,20H,4-8,11,18H2,1-3H3,(H,19,21). The van der Waals surface area contributed by atoms with Gasteiger partial charge in [-0.05, 0) is 30.5 Å². The van der Waals surface area contributed by atoms with E-state index in [9.17, 15) is 4.79 Å². The van der Waals surface area contributed by atoms with Crippen LogP contribution in [0.1, 0.15) is 56.3 Å². The van der Waals surface area contributed by atoms with Crippen molar-refractivity contribution in [1.82, 2.24) is 5.32 Å². The Kier molecular flexibility index (Phi) is 7.65. The quantitative estimate of drug-likeness (QED) is 0.480. The number of unbranched alkanes of at least 4 members (excludes halogenated alkanes) is 3. The van der Waals surface area contributed by atoms with Gasteiger partial charge in [-0.25, -0.2) is 0 Å². The molecular weight excluding hydrogens is 262 g/mol. The van der Waals surface area contributed by atoms with Crippen LogP contribution in [0.4, 0.5) is 11.4 Å². The highest BCUT2D eigenvalue weighted by atomic mass is 16.1. The second kappa shape index (κ2) is 9.27. The number of nitrogen functional groups attached to an aromatic ring is 1. The van der Waals surface area contributed by atoms with Crippen molar-refractivity contribution in [3.05, 3.63) is 23.8 Å². The Hall–Kier alpha value is -1.71. The van der Waals surface area contributed by atoms with Crippen molar-refractivity contribution >= 4 is 17.3 Å². The summed E-state index contributed by atoms with van der Waals surface area (Å²) in [5.41, 5.74) is 7.93. The molecule has 4 nitrogen and oxygen atoms in total. The van der Waals surface area contributed by atoms with Crippen molar-refractivity contribution in [3.8, 4) is 0 Å². The third-order valence-electron chi connectivity index (χ3n) is 3.54. The van der Waals surface area contributed by atoms with E-state index in [-0.39, 0.29) is 5.91 Å². The Bertz CT molecular complexity index is 444. The molecule has 0 atom stereocenters. The minimum atomic E-state index is -0.0885. The molecule has 0 saturated heterocycles. The molecule has 0 spiro atoms. The van der Waals surface area contributed by atoms with Crippen molar-refractivity contribution < 1.29 is 4.79 Å². The summed E-state index contributed by atoms with van der Waals surface area (Å²) in [6, 6.07) is 5.34. The van der Waals surface area contributed by atoms with E-state index in [1.165, 1.54) is 25.7 Å². The van der Waals surface area contributed by atoms with Crippen LogP contribution in [-0.4, -0.2) is 19.5 Å². The summed E-state index contributed by atoms with van der Waals surface area (Å²) in [6.07, 6.45) is 6.22. The number of hydrogen-bond donors (Lipinski definition) is 3. The summed E-state index contributed by atoms with van der Waals surface area (Å²) in [4.78, 5) is 11.8. The Labute approximate surface area is 128 Å². The van der Waals surface area contributed by atoms with Gasteiger partial charge in [0.2, 0.25) is 0 Å². The third-order valence-corrected chi connectivity index (χ3v) is 3.54. The highest BCUT2D eigenvalue weighted by molar-refractivity contribution is 6.00. The zero-order chi connectivity index (χ0) is 15.7. The molecule has 21 heavy (non-hydrogen) atoms. The molecule has 0 aliphatic rings. The minimum absolute atomic E-state index is 0.0885. The predicted octanol–water partition coefficient (Wildman–Crippen LogP) is 3.65. The maximum Gasteiger partial charge on any atom is 0.253 e. The van der Waals surface area contributed by atoms with Crippen molar-refractivity contribution in [3.63, 3.8) is 0 Å². The average Bonchev–Trinajstić information content (AvgIpc) is 2.45. The molecule has 1 amide bonds. The van der Waals surface area contributed by atoms with Gasteiger partial charge < -0.3 is 16.4 Å². The lowest BCUT2D eigenvalue weighted by Gasteiger charge is -2.12. The lowest BCUT2D eigenvalue weighted by Crippen LogP contribution is -2.20. The number of nitrogens with two attached hydrogens (primary N) is 1. The normalized spacial score (nSPS) is 10.7. The van der Waals surface area contributed by atoms with Crippen molar-refractivity contribution in [2.75, 3.05) is 24.6 Å². The summed E-state index contributed by atoms with van der Waals surface area (Å²) in [7, 11) is 1.64. The lowest BCUT2D eigenvalue weighted by atomic mass is 10.0. The van der Waals surface area contributed by atoms with Gasteiger partial charge in [-0.15, -0.1) is 0 Å². The topological polar surface area (TPSA) is 67.2 Å². The molecule has 0 fully saturated rings. The van der Waals surface area contributed by atoms with Gasteiger partial charge in [0, 0.05) is 25.0 Å². The number of benzene rings is 1. The molecule has 1 aromatic rings. The van der Waals surface area contributed by atoms with Crippen LogP contribution in [-0.2, 0) is 0 Å². The van der Waals surface area contributed by atoms with Gasteiger partial charge in [0.1, 0.15) is 0 Å². The molecule has 0 bridgehead atoms. The summed E-state index contributed by atoms with van der Waals surface area (Å²) in [6.45, 7) is 5.40. The molecule has 4 heteroatoms. The van der Waals surface area contributed by atoms with Crippen molar-refractivity contribution in [2.24, 2.45) is 5.92 Å². The van der Waals surface area contributed by atoms with Gasteiger partial charge in [-0.1, -0.05) is 39.5 Å². The van der Waals surface area contributed by atoms with Gasteiger partial charge in [0.15, 0.2) is 0 Å². The SMILES string of the molecule is CNC(=O)c1ccc(N)cc1NCCCCCCC(C)C. The predicted molar refractivity (Wildman–Crippen MR) is 90.7 cm³/mol. The van der Waals surface area contributed by atoms with Crippen LogP contribution >= 0.6 is 0 Å². The van der Waals surface area contributed by atoms with E-state index >= 15 is 0 Å². The summed E-state index contributed by atoms with van der Waals surface area (Å²) in [5, 5.41) is 5.98. The maximum atomic E-state index is 11.8. The average molecular weight is 291 g/mol. The van der Waals surface area contributed by atoms with Crippen LogP contribution in [0.5, 0.6) is 0 Å². The molecule has 0 unspecified atom stereocenters. The van der Waals surface area contributed by atoms with Gasteiger partial charge in [0.05, 0.1) is 5.56 Å². The summed E-state index contributed by atoms with van der Waals surface area (Å²) in [5.74, 6) is 0.708. The monoisotopic (exact) mass is 291 g/mol. The van der Waals surface area contributed by atoms with E-state index in [1.807, 2.05) is 6.07 Å². The highest BCUT2D eigenvalue weighted by Crippen LogP contribution is 2.19. The van der Waals surface area contributed by atoms with E-state index in [0.717, 1.165) is 24.6 Å². The fourth-order valence-electron chi connectivity index (χ4n) is 2.29. The minimum Gasteiger partial charge on any atom is -0.399 e. The van der Waals surface area contributed by atoms with Gasteiger partial charge in [-0.2, -0.15) is 0 Å². The number of anilines is 2. The molecule has 1 aromatic carbocycles. The Morgan fingerprint density at radius 3 is 2.57 bits per heavy atom. The molecule has 118 valence electrons. The molecular formula is C17H29N3O. The van der Waals surface area contributed by atoms with Gasteiger partial charge >= 0.3 is 0 Å². The van der Waals surface area contributed by atoms with Crippen molar-refractivity contribution in [2.45, 2.75) is 46.0 Å². The van der Waals surface area contributed by atoms with E-state index in [2.05, 4.69) is 24.5 Å². The number of amides is 1. The van der Waals surface area contributed by atoms with Gasteiger partial charge in [0.25, 0.3) is 5.91 Å². The van der Waals surface area contributed by atoms with Crippen LogP contribution in [0.2, 0.25) is 0 Å². The van der Waals surface area contributed by atoms with E-state index in [0.29, 0.717) is 11.3 Å². The molecule has 1 rings (SSSR count). The molecule has 4 N–H and O–H groups in total. The smallest absolute Gasteiger partial charge is 0.253 e. The first-order chi connectivity index (χ1) is 10.0. The molecule has 0 aromatic heterocycles. The van der Waals surface area contributed by atoms with E-state index in [4.69, 9.17) is 5.73 Å². The zero-order valence-electron chi connectivity index (χ0n) is 13.5. The largest absolute Gasteiger partial charge is 0.399 e. The summed E-state index contributed by atoms with van der Waals surface area (Å²) < 4.78 is 0. The zero-order valence-corrected chi connectivity index (χ0v) is 13.5. The fraction of sp³-hybridized carbons (Fsp3) is 0.588. The number of carbonyl (C=O) groups is 1. The Morgan fingerprint density at radius 1 is 1.19 bits per heavy atom. The molecule has 0 heterocycles. The first-order valence-corrected chi connectivity index (χ1v) is 7.90. The lowest BCUT2D eigenvalue weighted by molar-refractivity contribution is 0.0964. The number of hydrogen-bond acceptors (Lipinski definition) is 3. The first kappa shape index (κ1) is 17.3. The molecule has 0 radical (unpaired) electrons. The molecule has 0 saturated carbocycles. The van der Waals surface area contributed by atoms with Crippen LogP contribution in [0, 0.1) is 5.92 Å². The Morgan fingerprint density at radius 2 is 1.90 bits per heavy atom. The number of rotatable bonds is 9.